The molecule has 4 heteroatoms. The summed E-state index contributed by atoms with van der Waals surface area (Å²) in [7, 11) is 1.92. The molecule has 0 radical (unpaired) electrons. The molecule has 1 N–H and O–H groups in total. The molecule has 3 rings (SSSR count). The van der Waals surface area contributed by atoms with Crippen LogP contribution in [0, 0.1) is 11.8 Å². The summed E-state index contributed by atoms with van der Waals surface area (Å²) in [5, 5.41) is 3.44. The molecule has 0 spiro atoms. The first-order chi connectivity index (χ1) is 10.1. The molecule has 2 aliphatic heterocycles. The van der Waals surface area contributed by atoms with E-state index in [0.717, 1.165) is 38.0 Å². The average Bonchev–Trinajstić information content (AvgIpc) is 3.07. The van der Waals surface area contributed by atoms with E-state index < -0.39 is 0 Å². The van der Waals surface area contributed by atoms with Gasteiger partial charge < -0.3 is 10.2 Å². The first-order valence-electron chi connectivity index (χ1n) is 7.89. The summed E-state index contributed by atoms with van der Waals surface area (Å²) in [4.78, 5) is 16.7. The van der Waals surface area contributed by atoms with Crippen molar-refractivity contribution in [2.75, 3.05) is 39.8 Å². The fourth-order valence-electron chi connectivity index (χ4n) is 3.56. The van der Waals surface area contributed by atoms with E-state index in [-0.39, 0.29) is 11.9 Å². The second-order valence-electron chi connectivity index (χ2n) is 6.46. The normalized spacial score (nSPS) is 26.6. The Morgan fingerprint density at radius 1 is 1.29 bits per heavy atom. The number of fused-ring (bicyclic) bond motifs is 1. The first kappa shape index (κ1) is 14.5. The third-order valence-electron chi connectivity index (χ3n) is 5.08. The summed E-state index contributed by atoms with van der Waals surface area (Å²) in [6, 6.07) is 10.4. The fraction of sp³-hybridized carbons (Fsp3) is 0.588. The van der Waals surface area contributed by atoms with Crippen molar-refractivity contribution < 1.29 is 4.79 Å². The van der Waals surface area contributed by atoms with Gasteiger partial charge in [0.1, 0.15) is 0 Å². The standard InChI is InChI=1S/C17H25N3O/c1-13(14-6-4-3-5-7-14)19(2)17(21)12-20-10-15-8-18-9-16(15)11-20/h3-7,13,15-16,18H,8-12H2,1-2H3/t13?,15-,16+. The highest BCUT2D eigenvalue weighted by Gasteiger charge is 2.37. The van der Waals surface area contributed by atoms with Crippen LogP contribution in [0.1, 0.15) is 18.5 Å². The third kappa shape index (κ3) is 3.11. The Hall–Kier alpha value is -1.39. The number of likely N-dealkylation sites (N-methyl/N-ethyl adjacent to an activating group) is 1. The van der Waals surface area contributed by atoms with Crippen LogP contribution in [0.5, 0.6) is 0 Å². The molecule has 2 fully saturated rings. The molecule has 4 nitrogen and oxygen atoms in total. The molecule has 0 aliphatic carbocycles. The van der Waals surface area contributed by atoms with Crippen LogP contribution in [0.3, 0.4) is 0 Å². The molecule has 21 heavy (non-hydrogen) atoms. The number of nitrogens with zero attached hydrogens (tertiary/aromatic N) is 2. The average molecular weight is 287 g/mol. The minimum atomic E-state index is 0.127. The highest BCUT2D eigenvalue weighted by molar-refractivity contribution is 5.78. The lowest BCUT2D eigenvalue weighted by Crippen LogP contribution is -2.39. The number of rotatable bonds is 4. The third-order valence-corrected chi connectivity index (χ3v) is 5.08. The maximum absolute atomic E-state index is 12.5. The van der Waals surface area contributed by atoms with Gasteiger partial charge in [0, 0.05) is 20.1 Å². The predicted molar refractivity (Wildman–Crippen MR) is 83.9 cm³/mol. The lowest BCUT2D eigenvalue weighted by Gasteiger charge is -2.27. The Balaban J connectivity index is 1.55. The lowest BCUT2D eigenvalue weighted by atomic mass is 10.0. The molecular weight excluding hydrogens is 262 g/mol. The summed E-state index contributed by atoms with van der Waals surface area (Å²) in [6.45, 7) is 7.02. The van der Waals surface area contributed by atoms with Crippen LogP contribution in [-0.2, 0) is 4.79 Å². The van der Waals surface area contributed by atoms with Gasteiger partial charge in [-0.15, -0.1) is 0 Å². The molecule has 2 aliphatic rings. The van der Waals surface area contributed by atoms with Gasteiger partial charge in [0.25, 0.3) is 0 Å². The van der Waals surface area contributed by atoms with Gasteiger partial charge in [0.15, 0.2) is 0 Å². The Bertz CT molecular complexity index is 478. The van der Waals surface area contributed by atoms with E-state index in [1.807, 2.05) is 30.1 Å². The molecule has 2 saturated heterocycles. The zero-order valence-corrected chi connectivity index (χ0v) is 13.0. The van der Waals surface area contributed by atoms with E-state index in [9.17, 15) is 4.79 Å². The van der Waals surface area contributed by atoms with Gasteiger partial charge in [-0.1, -0.05) is 30.3 Å². The Morgan fingerprint density at radius 3 is 2.52 bits per heavy atom. The smallest absolute Gasteiger partial charge is 0.236 e. The van der Waals surface area contributed by atoms with E-state index in [1.165, 1.54) is 5.56 Å². The molecule has 0 bridgehead atoms. The van der Waals surface area contributed by atoms with Gasteiger partial charge in [-0.25, -0.2) is 0 Å². The van der Waals surface area contributed by atoms with Gasteiger partial charge in [0.2, 0.25) is 5.91 Å². The van der Waals surface area contributed by atoms with Crippen molar-refractivity contribution in [2.24, 2.45) is 11.8 Å². The van der Waals surface area contributed by atoms with Crippen LogP contribution < -0.4 is 5.32 Å². The molecule has 1 aromatic carbocycles. The van der Waals surface area contributed by atoms with E-state index >= 15 is 0 Å². The summed E-state index contributed by atoms with van der Waals surface area (Å²) < 4.78 is 0. The Kier molecular flexibility index (Phi) is 4.27. The molecule has 3 atom stereocenters. The van der Waals surface area contributed by atoms with Crippen molar-refractivity contribution in [3.05, 3.63) is 35.9 Å². The van der Waals surface area contributed by atoms with Crippen LogP contribution in [0.2, 0.25) is 0 Å². The summed E-state index contributed by atoms with van der Waals surface area (Å²) in [6.07, 6.45) is 0. The second-order valence-corrected chi connectivity index (χ2v) is 6.46. The lowest BCUT2D eigenvalue weighted by molar-refractivity contribution is -0.132. The number of carbonyl (C=O) groups is 1. The van der Waals surface area contributed by atoms with Crippen molar-refractivity contribution >= 4 is 5.91 Å². The van der Waals surface area contributed by atoms with Gasteiger partial charge in [-0.2, -0.15) is 0 Å². The molecular formula is C17H25N3O. The molecule has 1 unspecified atom stereocenters. The molecule has 0 aromatic heterocycles. The Labute approximate surface area is 127 Å². The van der Waals surface area contributed by atoms with E-state index in [0.29, 0.717) is 6.54 Å². The summed E-state index contributed by atoms with van der Waals surface area (Å²) >= 11 is 0. The number of carbonyl (C=O) groups excluding carboxylic acids is 1. The number of amides is 1. The van der Waals surface area contributed by atoms with Crippen LogP contribution >= 0.6 is 0 Å². The second kappa shape index (κ2) is 6.16. The number of benzene rings is 1. The van der Waals surface area contributed by atoms with E-state index in [1.54, 1.807) is 0 Å². The SMILES string of the molecule is CC(c1ccccc1)N(C)C(=O)CN1C[C@H]2CNC[C@H]2C1. The largest absolute Gasteiger partial charge is 0.338 e. The van der Waals surface area contributed by atoms with Crippen molar-refractivity contribution in [1.82, 2.24) is 15.1 Å². The van der Waals surface area contributed by atoms with Crippen molar-refractivity contribution in [1.29, 1.82) is 0 Å². The monoisotopic (exact) mass is 287 g/mol. The quantitative estimate of drug-likeness (QED) is 0.908. The number of hydrogen-bond donors (Lipinski definition) is 1. The van der Waals surface area contributed by atoms with Gasteiger partial charge in [0.05, 0.1) is 12.6 Å². The minimum Gasteiger partial charge on any atom is -0.338 e. The fourth-order valence-corrected chi connectivity index (χ4v) is 3.56. The summed E-state index contributed by atoms with van der Waals surface area (Å²) in [5.74, 6) is 1.71. The van der Waals surface area contributed by atoms with Crippen molar-refractivity contribution in [3.8, 4) is 0 Å². The van der Waals surface area contributed by atoms with Crippen molar-refractivity contribution in [2.45, 2.75) is 13.0 Å². The molecule has 114 valence electrons. The number of likely N-dealkylation sites (tertiary alicyclic amines) is 1. The maximum atomic E-state index is 12.5. The van der Waals surface area contributed by atoms with Crippen LogP contribution in [0.25, 0.3) is 0 Å². The van der Waals surface area contributed by atoms with Crippen LogP contribution in [0.15, 0.2) is 30.3 Å². The van der Waals surface area contributed by atoms with Crippen LogP contribution in [0.4, 0.5) is 0 Å². The zero-order chi connectivity index (χ0) is 14.8. The zero-order valence-electron chi connectivity index (χ0n) is 13.0. The number of hydrogen-bond acceptors (Lipinski definition) is 3. The van der Waals surface area contributed by atoms with Gasteiger partial charge in [-0.3, -0.25) is 9.69 Å². The molecule has 1 aromatic rings. The number of nitrogens with one attached hydrogen (secondary N) is 1. The predicted octanol–water partition coefficient (Wildman–Crippen LogP) is 1.36. The highest BCUT2D eigenvalue weighted by Crippen LogP contribution is 2.26. The minimum absolute atomic E-state index is 0.127. The Morgan fingerprint density at radius 2 is 1.90 bits per heavy atom. The first-order valence-corrected chi connectivity index (χ1v) is 7.89. The van der Waals surface area contributed by atoms with Gasteiger partial charge in [-0.05, 0) is 37.4 Å². The molecule has 2 heterocycles. The van der Waals surface area contributed by atoms with E-state index in [2.05, 4.69) is 29.3 Å². The van der Waals surface area contributed by atoms with E-state index in [4.69, 9.17) is 0 Å². The van der Waals surface area contributed by atoms with Crippen LogP contribution in [-0.4, -0.2) is 55.5 Å². The van der Waals surface area contributed by atoms with Crippen molar-refractivity contribution in [3.63, 3.8) is 0 Å². The topological polar surface area (TPSA) is 35.6 Å². The van der Waals surface area contributed by atoms with Gasteiger partial charge >= 0.3 is 0 Å². The molecule has 0 saturated carbocycles. The highest BCUT2D eigenvalue weighted by atomic mass is 16.2. The maximum Gasteiger partial charge on any atom is 0.236 e. The molecule has 1 amide bonds. The summed E-state index contributed by atoms with van der Waals surface area (Å²) in [5.41, 5.74) is 1.19.